The predicted octanol–water partition coefficient (Wildman–Crippen LogP) is 1.15. The minimum Gasteiger partial charge on any atom is -0.290 e. The van der Waals surface area contributed by atoms with E-state index in [-0.39, 0.29) is 5.91 Å². The molecule has 0 aliphatic heterocycles. The number of rotatable bonds is 1. The smallest absolute Gasteiger partial charge is 0.265 e. The maximum atomic E-state index is 11.3. The summed E-state index contributed by atoms with van der Waals surface area (Å²) in [6, 6.07) is 7.27. The molecule has 0 unspecified atom stereocenters. The Kier molecular flexibility index (Phi) is 2.35. The summed E-state index contributed by atoms with van der Waals surface area (Å²) in [6.07, 6.45) is 1.72. The van der Waals surface area contributed by atoms with Crippen molar-refractivity contribution in [1.29, 1.82) is 0 Å². The molecule has 1 amide bonds. The number of aromatic nitrogens is 1. The molecule has 15 heavy (non-hydrogen) atoms. The van der Waals surface area contributed by atoms with Gasteiger partial charge in [0.1, 0.15) is 0 Å². The van der Waals surface area contributed by atoms with Crippen LogP contribution in [0, 0.1) is 6.92 Å². The molecule has 1 heterocycles. The van der Waals surface area contributed by atoms with E-state index in [1.165, 1.54) is 0 Å². The molecule has 2 rings (SSSR count). The lowest BCUT2D eigenvalue weighted by molar-refractivity contribution is 0.0954. The summed E-state index contributed by atoms with van der Waals surface area (Å²) < 4.78 is 0. The number of hydrogen-bond acceptors (Lipinski definition) is 3. The Morgan fingerprint density at radius 3 is 2.93 bits per heavy atom. The van der Waals surface area contributed by atoms with Crippen LogP contribution in [0.3, 0.4) is 0 Å². The number of fused-ring (bicyclic) bond motifs is 1. The summed E-state index contributed by atoms with van der Waals surface area (Å²) in [5.41, 5.74) is 4.55. The number of benzene rings is 1. The van der Waals surface area contributed by atoms with E-state index in [0.717, 1.165) is 16.5 Å². The molecule has 4 nitrogen and oxygen atoms in total. The van der Waals surface area contributed by atoms with Crippen LogP contribution in [-0.4, -0.2) is 10.9 Å². The Balaban J connectivity index is 2.62. The number of nitrogens with one attached hydrogen (secondary N) is 1. The van der Waals surface area contributed by atoms with E-state index >= 15 is 0 Å². The van der Waals surface area contributed by atoms with Crippen molar-refractivity contribution >= 4 is 16.8 Å². The van der Waals surface area contributed by atoms with Crippen LogP contribution in [0.5, 0.6) is 0 Å². The van der Waals surface area contributed by atoms with Crippen LogP contribution in [0.2, 0.25) is 0 Å². The van der Waals surface area contributed by atoms with Crippen molar-refractivity contribution in [2.45, 2.75) is 6.92 Å². The molecule has 4 heteroatoms. The second kappa shape index (κ2) is 3.67. The molecule has 0 atom stereocenters. The zero-order chi connectivity index (χ0) is 10.8. The Labute approximate surface area is 87.1 Å². The molecule has 1 aromatic carbocycles. The molecule has 0 aliphatic rings. The van der Waals surface area contributed by atoms with E-state index in [4.69, 9.17) is 5.84 Å². The summed E-state index contributed by atoms with van der Waals surface area (Å²) in [5.74, 6) is 4.75. The van der Waals surface area contributed by atoms with E-state index in [0.29, 0.717) is 5.56 Å². The lowest BCUT2D eigenvalue weighted by Gasteiger charge is -2.03. The van der Waals surface area contributed by atoms with E-state index in [1.807, 2.05) is 19.1 Å². The molecule has 0 bridgehead atoms. The Hall–Kier alpha value is -1.94. The van der Waals surface area contributed by atoms with Crippen molar-refractivity contribution in [3.05, 3.63) is 41.6 Å². The molecular formula is C11H11N3O. The van der Waals surface area contributed by atoms with E-state index in [2.05, 4.69) is 10.4 Å². The second-order valence-electron chi connectivity index (χ2n) is 3.33. The quantitative estimate of drug-likeness (QED) is 0.413. The van der Waals surface area contributed by atoms with Crippen LogP contribution < -0.4 is 11.3 Å². The minimum absolute atomic E-state index is 0.305. The standard InChI is InChI=1S/C11H11N3O/c1-7-4-5-13-10-6-8(11(15)14-12)2-3-9(7)10/h2-6H,12H2,1H3,(H,14,15). The van der Waals surface area contributed by atoms with Crippen molar-refractivity contribution in [2.75, 3.05) is 0 Å². The van der Waals surface area contributed by atoms with Gasteiger partial charge < -0.3 is 0 Å². The molecule has 0 saturated heterocycles. The number of amides is 1. The number of hydrazine groups is 1. The van der Waals surface area contributed by atoms with Crippen molar-refractivity contribution in [3.63, 3.8) is 0 Å². The number of nitrogens with zero attached hydrogens (tertiary/aromatic N) is 1. The van der Waals surface area contributed by atoms with Crippen LogP contribution >= 0.6 is 0 Å². The van der Waals surface area contributed by atoms with Crippen LogP contribution in [0.1, 0.15) is 15.9 Å². The van der Waals surface area contributed by atoms with Crippen molar-refractivity contribution in [1.82, 2.24) is 10.4 Å². The number of hydrogen-bond donors (Lipinski definition) is 2. The highest BCUT2D eigenvalue weighted by atomic mass is 16.2. The Morgan fingerprint density at radius 2 is 2.20 bits per heavy atom. The Morgan fingerprint density at radius 1 is 1.40 bits per heavy atom. The van der Waals surface area contributed by atoms with Crippen LogP contribution in [0.25, 0.3) is 10.9 Å². The van der Waals surface area contributed by atoms with E-state index in [1.54, 1.807) is 18.3 Å². The molecule has 1 aromatic heterocycles. The number of carbonyl (C=O) groups is 1. The number of pyridine rings is 1. The van der Waals surface area contributed by atoms with Gasteiger partial charge in [-0.05, 0) is 30.7 Å². The first-order valence-corrected chi connectivity index (χ1v) is 4.58. The third kappa shape index (κ3) is 1.67. The number of nitrogen functional groups attached to an aromatic ring is 1. The summed E-state index contributed by atoms with van der Waals surface area (Å²) in [4.78, 5) is 15.5. The first kappa shape index (κ1) is 9.61. The molecule has 2 aromatic rings. The van der Waals surface area contributed by atoms with Crippen molar-refractivity contribution in [2.24, 2.45) is 5.84 Å². The van der Waals surface area contributed by atoms with Gasteiger partial charge in [-0.25, -0.2) is 5.84 Å². The minimum atomic E-state index is -0.305. The molecule has 0 saturated carbocycles. The number of nitrogens with two attached hydrogens (primary N) is 1. The summed E-state index contributed by atoms with van der Waals surface area (Å²) in [7, 11) is 0. The van der Waals surface area contributed by atoms with Gasteiger partial charge in [-0.1, -0.05) is 6.07 Å². The molecule has 0 aliphatic carbocycles. The number of aryl methyl sites for hydroxylation is 1. The first-order chi connectivity index (χ1) is 7.22. The van der Waals surface area contributed by atoms with Gasteiger partial charge >= 0.3 is 0 Å². The Bertz CT molecular complexity index is 522. The predicted molar refractivity (Wildman–Crippen MR) is 58.1 cm³/mol. The highest BCUT2D eigenvalue weighted by Gasteiger charge is 2.05. The topological polar surface area (TPSA) is 68.0 Å². The normalized spacial score (nSPS) is 10.3. The summed E-state index contributed by atoms with van der Waals surface area (Å²) in [5, 5.41) is 1.05. The van der Waals surface area contributed by atoms with Crippen LogP contribution in [0.15, 0.2) is 30.5 Å². The average molecular weight is 201 g/mol. The largest absolute Gasteiger partial charge is 0.290 e. The van der Waals surface area contributed by atoms with Crippen molar-refractivity contribution < 1.29 is 4.79 Å². The summed E-state index contributed by atoms with van der Waals surface area (Å²) >= 11 is 0. The lowest BCUT2D eigenvalue weighted by Crippen LogP contribution is -2.29. The van der Waals surface area contributed by atoms with Gasteiger partial charge in [-0.15, -0.1) is 0 Å². The van der Waals surface area contributed by atoms with Gasteiger partial charge in [0, 0.05) is 17.1 Å². The van der Waals surface area contributed by atoms with Crippen molar-refractivity contribution in [3.8, 4) is 0 Å². The molecule has 0 fully saturated rings. The fourth-order valence-corrected chi connectivity index (χ4v) is 1.52. The SMILES string of the molecule is Cc1ccnc2cc(C(=O)NN)ccc12. The average Bonchev–Trinajstić information content (AvgIpc) is 2.28. The molecule has 76 valence electrons. The fraction of sp³-hybridized carbons (Fsp3) is 0.0909. The molecule has 0 spiro atoms. The van der Waals surface area contributed by atoms with Gasteiger partial charge in [0.2, 0.25) is 0 Å². The highest BCUT2D eigenvalue weighted by molar-refractivity contribution is 5.97. The van der Waals surface area contributed by atoms with Gasteiger partial charge in [0.05, 0.1) is 5.52 Å². The second-order valence-corrected chi connectivity index (χ2v) is 3.33. The third-order valence-corrected chi connectivity index (χ3v) is 2.35. The summed E-state index contributed by atoms with van der Waals surface area (Å²) in [6.45, 7) is 2.01. The monoisotopic (exact) mass is 201 g/mol. The van der Waals surface area contributed by atoms with Crippen LogP contribution in [-0.2, 0) is 0 Å². The van der Waals surface area contributed by atoms with Gasteiger partial charge in [0.15, 0.2) is 0 Å². The third-order valence-electron chi connectivity index (χ3n) is 2.35. The fourth-order valence-electron chi connectivity index (χ4n) is 1.52. The van der Waals surface area contributed by atoms with Crippen LogP contribution in [0.4, 0.5) is 0 Å². The number of carbonyl (C=O) groups excluding carboxylic acids is 1. The van der Waals surface area contributed by atoms with Gasteiger partial charge in [-0.2, -0.15) is 0 Å². The zero-order valence-electron chi connectivity index (χ0n) is 8.32. The van der Waals surface area contributed by atoms with E-state index in [9.17, 15) is 4.79 Å². The maximum Gasteiger partial charge on any atom is 0.265 e. The first-order valence-electron chi connectivity index (χ1n) is 4.58. The molecule has 0 radical (unpaired) electrons. The van der Waals surface area contributed by atoms with Gasteiger partial charge in [0.25, 0.3) is 5.91 Å². The van der Waals surface area contributed by atoms with E-state index < -0.39 is 0 Å². The van der Waals surface area contributed by atoms with Gasteiger partial charge in [-0.3, -0.25) is 15.2 Å². The highest BCUT2D eigenvalue weighted by Crippen LogP contribution is 2.17. The lowest BCUT2D eigenvalue weighted by atomic mass is 10.1. The zero-order valence-corrected chi connectivity index (χ0v) is 8.32. The maximum absolute atomic E-state index is 11.3. The molecule has 3 N–H and O–H groups in total. The molecular weight excluding hydrogens is 190 g/mol.